The average Bonchev–Trinajstić information content (AvgIpc) is 1.85. The quantitative estimate of drug-likeness (QED) is 0.623. The summed E-state index contributed by atoms with van der Waals surface area (Å²) in [4.78, 5) is 0. The van der Waals surface area contributed by atoms with Gasteiger partial charge in [0.2, 0.25) is 0 Å². The van der Waals surface area contributed by atoms with Crippen molar-refractivity contribution >= 4 is 0 Å². The summed E-state index contributed by atoms with van der Waals surface area (Å²) in [6.45, 7) is 10.1. The lowest BCUT2D eigenvalue weighted by Crippen LogP contribution is -2.27. The van der Waals surface area contributed by atoms with Crippen molar-refractivity contribution in [3.8, 4) is 0 Å². The molecular formula is C9H21N. The Hall–Kier alpha value is -0.0400. The van der Waals surface area contributed by atoms with Crippen molar-refractivity contribution < 1.29 is 0 Å². The number of hydrogen-bond donors (Lipinski definition) is 1. The Bertz CT molecular complexity index is 69.1. The van der Waals surface area contributed by atoms with Crippen LogP contribution in [0.1, 0.15) is 40.5 Å². The highest BCUT2D eigenvalue weighted by Gasteiger charge is 1.99. The molecule has 0 aliphatic carbocycles. The van der Waals surface area contributed by atoms with Crippen LogP contribution < -0.4 is 5.32 Å². The van der Waals surface area contributed by atoms with E-state index in [0.717, 1.165) is 5.92 Å². The van der Waals surface area contributed by atoms with Crippen LogP contribution in [-0.4, -0.2) is 12.6 Å². The molecular weight excluding hydrogens is 122 g/mol. The summed E-state index contributed by atoms with van der Waals surface area (Å²) in [7, 11) is 0. The zero-order chi connectivity index (χ0) is 7.98. The summed E-state index contributed by atoms with van der Waals surface area (Å²) in [5.74, 6) is 0.840. The lowest BCUT2D eigenvalue weighted by Gasteiger charge is -2.13. The van der Waals surface area contributed by atoms with Gasteiger partial charge in [0, 0.05) is 6.04 Å². The third-order valence-corrected chi connectivity index (χ3v) is 1.66. The first kappa shape index (κ1) is 9.96. The molecule has 0 heterocycles. The third kappa shape index (κ3) is 6.09. The molecule has 1 N–H and O–H groups in total. The summed E-state index contributed by atoms with van der Waals surface area (Å²) < 4.78 is 0. The standard InChI is InChI=1S/C9H21N/c1-5-6-9(4)7-10-8(2)3/h8-10H,5-7H2,1-4H3. The van der Waals surface area contributed by atoms with Gasteiger partial charge < -0.3 is 5.32 Å². The number of hydrogen-bond acceptors (Lipinski definition) is 1. The molecule has 0 aromatic heterocycles. The van der Waals surface area contributed by atoms with Crippen molar-refractivity contribution in [3.05, 3.63) is 0 Å². The van der Waals surface area contributed by atoms with Crippen molar-refractivity contribution in [2.45, 2.75) is 46.6 Å². The topological polar surface area (TPSA) is 12.0 Å². The fourth-order valence-electron chi connectivity index (χ4n) is 1.03. The number of rotatable bonds is 5. The van der Waals surface area contributed by atoms with Crippen LogP contribution in [0.3, 0.4) is 0 Å². The lowest BCUT2D eigenvalue weighted by atomic mass is 10.1. The van der Waals surface area contributed by atoms with Crippen LogP contribution in [-0.2, 0) is 0 Å². The van der Waals surface area contributed by atoms with Crippen LogP contribution >= 0.6 is 0 Å². The summed E-state index contributed by atoms with van der Waals surface area (Å²) in [5, 5.41) is 3.43. The first-order chi connectivity index (χ1) is 4.66. The first-order valence-electron chi connectivity index (χ1n) is 4.40. The summed E-state index contributed by atoms with van der Waals surface area (Å²) >= 11 is 0. The minimum Gasteiger partial charge on any atom is -0.314 e. The Morgan fingerprint density at radius 2 is 1.80 bits per heavy atom. The van der Waals surface area contributed by atoms with Crippen molar-refractivity contribution in [3.63, 3.8) is 0 Å². The molecule has 1 heteroatoms. The van der Waals surface area contributed by atoms with E-state index in [9.17, 15) is 0 Å². The van der Waals surface area contributed by atoms with Gasteiger partial charge in [0.05, 0.1) is 0 Å². The van der Waals surface area contributed by atoms with E-state index in [0.29, 0.717) is 6.04 Å². The van der Waals surface area contributed by atoms with Gasteiger partial charge in [-0.1, -0.05) is 34.1 Å². The van der Waals surface area contributed by atoms with Crippen molar-refractivity contribution in [2.75, 3.05) is 6.54 Å². The molecule has 1 nitrogen and oxygen atoms in total. The van der Waals surface area contributed by atoms with Gasteiger partial charge in [0.1, 0.15) is 0 Å². The van der Waals surface area contributed by atoms with Crippen LogP contribution in [0.4, 0.5) is 0 Å². The molecule has 0 aliphatic heterocycles. The minimum absolute atomic E-state index is 0.638. The van der Waals surface area contributed by atoms with E-state index in [1.165, 1.54) is 19.4 Å². The van der Waals surface area contributed by atoms with E-state index in [4.69, 9.17) is 0 Å². The molecule has 0 aromatic carbocycles. The summed E-state index contributed by atoms with van der Waals surface area (Å²) in [6.07, 6.45) is 2.65. The van der Waals surface area contributed by atoms with E-state index < -0.39 is 0 Å². The third-order valence-electron chi connectivity index (χ3n) is 1.66. The van der Waals surface area contributed by atoms with Crippen molar-refractivity contribution in [1.82, 2.24) is 5.32 Å². The van der Waals surface area contributed by atoms with Crippen LogP contribution in [0, 0.1) is 5.92 Å². The van der Waals surface area contributed by atoms with Crippen LogP contribution in [0.5, 0.6) is 0 Å². The molecule has 1 atom stereocenters. The highest BCUT2D eigenvalue weighted by molar-refractivity contribution is 4.58. The molecule has 10 heavy (non-hydrogen) atoms. The second-order valence-corrected chi connectivity index (χ2v) is 3.46. The zero-order valence-electron chi connectivity index (χ0n) is 7.78. The molecule has 62 valence electrons. The van der Waals surface area contributed by atoms with Gasteiger partial charge in [-0.05, 0) is 18.9 Å². The Labute approximate surface area is 65.2 Å². The van der Waals surface area contributed by atoms with Gasteiger partial charge in [0.15, 0.2) is 0 Å². The Balaban J connectivity index is 3.12. The van der Waals surface area contributed by atoms with Crippen molar-refractivity contribution in [1.29, 1.82) is 0 Å². The van der Waals surface area contributed by atoms with E-state index in [-0.39, 0.29) is 0 Å². The van der Waals surface area contributed by atoms with Gasteiger partial charge in [-0.2, -0.15) is 0 Å². The Morgan fingerprint density at radius 1 is 1.20 bits per heavy atom. The molecule has 0 aliphatic rings. The second kappa shape index (κ2) is 5.72. The highest BCUT2D eigenvalue weighted by atomic mass is 14.9. The van der Waals surface area contributed by atoms with Crippen LogP contribution in [0.15, 0.2) is 0 Å². The monoisotopic (exact) mass is 143 g/mol. The molecule has 0 fully saturated rings. The SMILES string of the molecule is CCCC(C)CNC(C)C. The molecule has 0 rings (SSSR count). The molecule has 0 bridgehead atoms. The van der Waals surface area contributed by atoms with E-state index >= 15 is 0 Å². The summed E-state index contributed by atoms with van der Waals surface area (Å²) in [6, 6.07) is 0.638. The molecule has 0 radical (unpaired) electrons. The maximum absolute atomic E-state index is 3.43. The fourth-order valence-corrected chi connectivity index (χ4v) is 1.03. The largest absolute Gasteiger partial charge is 0.314 e. The second-order valence-electron chi connectivity index (χ2n) is 3.46. The Morgan fingerprint density at radius 3 is 2.20 bits per heavy atom. The Kier molecular flexibility index (Phi) is 5.70. The molecule has 0 aromatic rings. The molecule has 0 amide bonds. The summed E-state index contributed by atoms with van der Waals surface area (Å²) in [5.41, 5.74) is 0. The van der Waals surface area contributed by atoms with Crippen molar-refractivity contribution in [2.24, 2.45) is 5.92 Å². The van der Waals surface area contributed by atoms with Crippen LogP contribution in [0.2, 0.25) is 0 Å². The molecule has 0 saturated heterocycles. The smallest absolute Gasteiger partial charge is 0.00104 e. The molecule has 0 spiro atoms. The highest BCUT2D eigenvalue weighted by Crippen LogP contribution is 2.02. The maximum Gasteiger partial charge on any atom is 0.00104 e. The van der Waals surface area contributed by atoms with Gasteiger partial charge >= 0.3 is 0 Å². The average molecular weight is 143 g/mol. The molecule has 1 unspecified atom stereocenters. The number of nitrogens with one attached hydrogen (secondary N) is 1. The van der Waals surface area contributed by atoms with Crippen LogP contribution in [0.25, 0.3) is 0 Å². The van der Waals surface area contributed by atoms with Gasteiger partial charge in [-0.25, -0.2) is 0 Å². The minimum atomic E-state index is 0.638. The van der Waals surface area contributed by atoms with Gasteiger partial charge in [0.25, 0.3) is 0 Å². The zero-order valence-corrected chi connectivity index (χ0v) is 7.78. The first-order valence-corrected chi connectivity index (χ1v) is 4.40. The van der Waals surface area contributed by atoms with E-state index in [1.807, 2.05) is 0 Å². The normalized spacial score (nSPS) is 14.1. The predicted octanol–water partition coefficient (Wildman–Crippen LogP) is 2.42. The van der Waals surface area contributed by atoms with E-state index in [2.05, 4.69) is 33.0 Å². The van der Waals surface area contributed by atoms with Gasteiger partial charge in [-0.15, -0.1) is 0 Å². The molecule has 0 saturated carbocycles. The van der Waals surface area contributed by atoms with E-state index in [1.54, 1.807) is 0 Å². The fraction of sp³-hybridized carbons (Fsp3) is 1.00. The van der Waals surface area contributed by atoms with Gasteiger partial charge in [-0.3, -0.25) is 0 Å². The lowest BCUT2D eigenvalue weighted by molar-refractivity contribution is 0.450. The maximum atomic E-state index is 3.43. The predicted molar refractivity (Wildman–Crippen MR) is 47.2 cm³/mol.